The molecule has 0 saturated heterocycles. The summed E-state index contributed by atoms with van der Waals surface area (Å²) in [7, 11) is 0.940. The molecule has 0 fully saturated rings. The van der Waals surface area contributed by atoms with Crippen LogP contribution in [0.2, 0.25) is 5.02 Å². The lowest BCUT2D eigenvalue weighted by Crippen LogP contribution is -2.11. The number of allylic oxidation sites excluding steroid dienone is 1. The summed E-state index contributed by atoms with van der Waals surface area (Å²) in [4.78, 5) is 21.8. The van der Waals surface area contributed by atoms with E-state index < -0.39 is 57.4 Å². The summed E-state index contributed by atoms with van der Waals surface area (Å²) < 4.78 is 113. The van der Waals surface area contributed by atoms with Gasteiger partial charge in [0.25, 0.3) is 0 Å². The van der Waals surface area contributed by atoms with E-state index in [9.17, 15) is 10.1 Å². The third-order valence-electron chi connectivity index (χ3n) is 5.31. The van der Waals surface area contributed by atoms with Crippen LogP contribution in [0.1, 0.15) is 41.5 Å². The number of anilines is 2. The Hall–Kier alpha value is -4.45. The molecule has 4 rings (SSSR count). The topological polar surface area (TPSA) is 100 Å². The zero-order valence-electron chi connectivity index (χ0n) is 33.9. The molecule has 0 atom stereocenters. The largest absolute Gasteiger partial charge is 0.494 e. The Morgan fingerprint density at radius 3 is 2.90 bits per heavy atom. The van der Waals surface area contributed by atoms with Crippen LogP contribution in [0.5, 0.6) is 11.5 Å². The van der Waals surface area contributed by atoms with E-state index in [0.717, 1.165) is 13.1 Å². The highest BCUT2D eigenvalue weighted by molar-refractivity contribution is 6.32. The Labute approximate surface area is 257 Å². The van der Waals surface area contributed by atoms with Crippen molar-refractivity contribution in [2.45, 2.75) is 19.8 Å². The fourth-order valence-corrected chi connectivity index (χ4v) is 3.76. The Bertz CT molecular complexity index is 2090. The number of fused-ring (bicyclic) bond motifs is 1. The number of nitrogens with zero attached hydrogens (tertiary/aromatic N) is 4. The number of benzene rings is 2. The lowest BCUT2D eigenvalue weighted by Gasteiger charge is -2.16. The second-order valence-electron chi connectivity index (χ2n) is 8.11. The smallest absolute Gasteiger partial charge is 0.159 e. The van der Waals surface area contributed by atoms with Crippen molar-refractivity contribution >= 4 is 39.7 Å². The van der Waals surface area contributed by atoms with Crippen LogP contribution in [0.3, 0.4) is 0 Å². The molecule has 2 aromatic heterocycles. The Kier molecular flexibility index (Phi) is 5.41. The molecule has 8 nitrogen and oxygen atoms in total. The van der Waals surface area contributed by atoms with E-state index in [4.69, 9.17) is 38.9 Å². The van der Waals surface area contributed by atoms with Gasteiger partial charge >= 0.3 is 0 Å². The quantitative estimate of drug-likeness (QED) is 0.204. The minimum atomic E-state index is -3.29. The van der Waals surface area contributed by atoms with Gasteiger partial charge in [0.2, 0.25) is 0 Å². The van der Waals surface area contributed by atoms with E-state index in [1.165, 1.54) is 42.7 Å². The lowest BCUT2D eigenvalue weighted by molar-refractivity contribution is -0.114. The molecular formula is C31H30ClN5O3. The maximum atomic E-state index is 13.3. The molecule has 0 bridgehead atoms. The number of nitrogens with one attached hydrogen (secondary N) is 1. The van der Waals surface area contributed by atoms with Crippen LogP contribution in [0.25, 0.3) is 10.9 Å². The summed E-state index contributed by atoms with van der Waals surface area (Å²) in [5.41, 5.74) is 0.217. The van der Waals surface area contributed by atoms with Crippen molar-refractivity contribution in [1.82, 2.24) is 14.9 Å². The van der Waals surface area contributed by atoms with Crippen LogP contribution in [0.15, 0.2) is 73.1 Å². The van der Waals surface area contributed by atoms with Crippen LogP contribution < -0.4 is 14.8 Å². The predicted octanol–water partition coefficient (Wildman–Crippen LogP) is 6.11. The minimum Gasteiger partial charge on any atom is -0.494 e. The van der Waals surface area contributed by atoms with Gasteiger partial charge in [-0.2, -0.15) is 5.26 Å². The number of rotatable bonds is 12. The van der Waals surface area contributed by atoms with E-state index in [-0.39, 0.29) is 49.9 Å². The molecule has 0 saturated carbocycles. The summed E-state index contributed by atoms with van der Waals surface area (Å²) in [6.45, 7) is -14.6. The third-order valence-corrected chi connectivity index (χ3v) is 5.60. The number of ketones is 1. The van der Waals surface area contributed by atoms with Crippen molar-refractivity contribution in [3.05, 3.63) is 94.9 Å². The molecule has 0 amide bonds. The van der Waals surface area contributed by atoms with E-state index in [2.05, 4.69) is 15.3 Å². The van der Waals surface area contributed by atoms with Gasteiger partial charge in [0, 0.05) is 59.0 Å². The maximum Gasteiger partial charge on any atom is 0.159 e. The number of halogens is 1. The second-order valence-corrected chi connectivity index (χ2v) is 8.51. The number of pyridine rings is 2. The molecular weight excluding hydrogens is 526 g/mol. The first-order valence-corrected chi connectivity index (χ1v) is 11.9. The van der Waals surface area contributed by atoms with Crippen LogP contribution in [-0.2, 0) is 17.8 Å². The number of hydrogen-bond acceptors (Lipinski definition) is 8. The summed E-state index contributed by atoms with van der Waals surface area (Å²) >= 11 is 6.45. The van der Waals surface area contributed by atoms with E-state index in [1.54, 1.807) is 12.1 Å². The highest BCUT2D eigenvalue weighted by Gasteiger charge is 2.16. The molecule has 0 unspecified atom stereocenters. The highest BCUT2D eigenvalue weighted by atomic mass is 35.5. The minimum absolute atomic E-state index is 0.000513. The van der Waals surface area contributed by atoms with Gasteiger partial charge in [0.05, 0.1) is 40.9 Å². The number of carbonyl (C=O) groups is 1. The number of ether oxygens (including phenoxy) is 2. The van der Waals surface area contributed by atoms with Gasteiger partial charge in [0.1, 0.15) is 24.1 Å². The number of aromatic nitrogens is 2. The van der Waals surface area contributed by atoms with E-state index in [0.29, 0.717) is 11.0 Å². The first-order chi connectivity index (χ1) is 24.4. The summed E-state index contributed by atoms with van der Waals surface area (Å²) in [5.74, 6) is -1.57. The first-order valence-electron chi connectivity index (χ1n) is 18.0. The zero-order chi connectivity index (χ0) is 39.7. The van der Waals surface area contributed by atoms with Crippen molar-refractivity contribution in [2.24, 2.45) is 0 Å². The SMILES string of the molecule is [2H]/C(=C\C([2H])([2H])N(C)C([2H])([2H])[2H])C(=O)Cc1cc2c(Nc3ccc(OC([2H])([2H])c4ccccn4)c(Cl)c3)c(C#N)cnc2cc1OC([2H])([2H])C([2H])([2H])[2H]. The van der Waals surface area contributed by atoms with Gasteiger partial charge in [-0.1, -0.05) is 23.7 Å². The summed E-state index contributed by atoms with van der Waals surface area (Å²) in [6.07, 6.45) is 2.29. The molecule has 0 aliphatic rings. The maximum absolute atomic E-state index is 13.3. The number of carbonyl (C=O) groups excluding carboxylic acids is 1. The lowest BCUT2D eigenvalue weighted by atomic mass is 10.0. The number of likely N-dealkylation sites (N-methyl/N-ethyl adjacent to an activating group) is 1. The molecule has 40 heavy (non-hydrogen) atoms. The highest BCUT2D eigenvalue weighted by Crippen LogP contribution is 2.36. The second kappa shape index (κ2) is 13.6. The standard InChI is InChI=1S/C31H30ClN5O3/c1-4-39-30-17-28-26(15-21(30)14-25(38)9-7-13-37(2)3)31(22(18-33)19-35-28)36-23-10-11-29(27(32)16-23)40-20-24-8-5-6-12-34-24/h5-12,15-17,19H,4,13-14,20H2,1-3H3,(H,35,36)/b9-7+/i1D3,2D3,4D2,9D,13D2,20D2. The van der Waals surface area contributed by atoms with E-state index in [1.807, 2.05) is 6.07 Å². The first kappa shape index (κ1) is 16.0. The van der Waals surface area contributed by atoms with Gasteiger partial charge in [-0.25, -0.2) is 0 Å². The van der Waals surface area contributed by atoms with Crippen molar-refractivity contribution in [1.29, 1.82) is 5.26 Å². The molecule has 0 spiro atoms. The molecule has 0 aliphatic carbocycles. The van der Waals surface area contributed by atoms with Crippen molar-refractivity contribution < 1.29 is 32.1 Å². The van der Waals surface area contributed by atoms with Crippen LogP contribution >= 0.6 is 11.6 Å². The van der Waals surface area contributed by atoms with Crippen molar-refractivity contribution in [3.8, 4) is 17.6 Å². The van der Waals surface area contributed by atoms with Gasteiger partial charge in [-0.15, -0.1) is 0 Å². The molecule has 9 heteroatoms. The molecule has 2 heterocycles. The molecule has 4 aromatic rings. The monoisotopic (exact) mass is 568 g/mol. The zero-order valence-corrected chi connectivity index (χ0v) is 21.7. The Morgan fingerprint density at radius 1 is 1.25 bits per heavy atom. The van der Waals surface area contributed by atoms with Gasteiger partial charge in [-0.3, -0.25) is 14.8 Å². The van der Waals surface area contributed by atoms with Crippen LogP contribution in [0.4, 0.5) is 11.4 Å². The van der Waals surface area contributed by atoms with Crippen LogP contribution in [0, 0.1) is 11.3 Å². The summed E-state index contributed by atoms with van der Waals surface area (Å²) in [6, 6.07) is 12.3. The fraction of sp³-hybridized carbons (Fsp3) is 0.226. The average Bonchev–Trinajstić information content (AvgIpc) is 3.05. The van der Waals surface area contributed by atoms with Crippen LogP contribution in [-0.4, -0.2) is 47.7 Å². The van der Waals surface area contributed by atoms with Crippen molar-refractivity contribution in [3.63, 3.8) is 0 Å². The average molecular weight is 569 g/mol. The molecule has 0 radical (unpaired) electrons. The summed E-state index contributed by atoms with van der Waals surface area (Å²) in [5, 5.41) is 13.1. The third kappa shape index (κ3) is 7.35. The molecule has 204 valence electrons. The number of hydrogen-bond donors (Lipinski definition) is 1. The Balaban J connectivity index is 1.79. The van der Waals surface area contributed by atoms with Gasteiger partial charge in [-0.05, 0) is 63.3 Å². The molecule has 0 aliphatic heterocycles. The van der Waals surface area contributed by atoms with Gasteiger partial charge in [0.15, 0.2) is 5.78 Å². The Morgan fingerprint density at radius 2 is 2.15 bits per heavy atom. The fourth-order valence-electron chi connectivity index (χ4n) is 3.54. The molecule has 2 aromatic carbocycles. The van der Waals surface area contributed by atoms with E-state index >= 15 is 0 Å². The number of nitriles is 1. The van der Waals surface area contributed by atoms with Gasteiger partial charge < -0.3 is 19.7 Å². The predicted molar refractivity (Wildman–Crippen MR) is 157 cm³/mol. The normalized spacial score (nSPS) is 17.9. The molecule has 1 N–H and O–H groups in total. The van der Waals surface area contributed by atoms with Crippen molar-refractivity contribution in [2.75, 3.05) is 32.4 Å².